The highest BCUT2D eigenvalue weighted by atomic mass is 16.5. The molecule has 0 fully saturated rings. The third-order valence-corrected chi connectivity index (χ3v) is 4.65. The zero-order valence-corrected chi connectivity index (χ0v) is 18.6. The van der Waals surface area contributed by atoms with Gasteiger partial charge in [-0.3, -0.25) is 14.6 Å². The van der Waals surface area contributed by atoms with Crippen LogP contribution < -0.4 is 21.9 Å². The quantitative estimate of drug-likeness (QED) is 0.280. The second-order valence-corrected chi connectivity index (χ2v) is 7.25. The smallest absolute Gasteiger partial charge is 0.280 e. The number of hydrogen-bond acceptors (Lipinski definition) is 9. The van der Waals surface area contributed by atoms with Gasteiger partial charge in [-0.05, 0) is 30.7 Å². The topological polar surface area (TPSA) is 157 Å². The van der Waals surface area contributed by atoms with Crippen LogP contribution in [0.4, 0.5) is 11.6 Å². The zero-order chi connectivity index (χ0) is 23.5. The number of nitrogens with zero attached hydrogens (tertiary/aromatic N) is 3. The number of carbonyl (C=O) groups is 1. The number of amides is 1. The Kier molecular flexibility index (Phi) is 9.09. The molecule has 0 aliphatic rings. The van der Waals surface area contributed by atoms with Gasteiger partial charge in [0.1, 0.15) is 0 Å². The molecule has 3 rings (SSSR count). The molecule has 0 aliphatic carbocycles. The van der Waals surface area contributed by atoms with Gasteiger partial charge in [0.2, 0.25) is 5.95 Å². The molecule has 11 heteroatoms. The number of H-pyrrole nitrogens is 1. The molecule has 0 spiro atoms. The molecule has 0 aliphatic heterocycles. The molecule has 0 radical (unpaired) electrons. The number of benzene rings is 1. The summed E-state index contributed by atoms with van der Waals surface area (Å²) in [6, 6.07) is 7.04. The molecule has 5 N–H and O–H groups in total. The summed E-state index contributed by atoms with van der Waals surface area (Å²) in [4.78, 5) is 39.0. The van der Waals surface area contributed by atoms with Gasteiger partial charge >= 0.3 is 0 Å². The van der Waals surface area contributed by atoms with Gasteiger partial charge in [-0.2, -0.15) is 4.98 Å². The van der Waals surface area contributed by atoms with Crippen LogP contribution in [-0.2, 0) is 16.0 Å². The largest absolute Gasteiger partial charge is 0.379 e. The lowest BCUT2D eigenvalue weighted by molar-refractivity contribution is 0.0472. The lowest BCUT2D eigenvalue weighted by atomic mass is 10.2. The highest BCUT2D eigenvalue weighted by molar-refractivity contribution is 5.94. The Balaban J connectivity index is 1.40. The van der Waals surface area contributed by atoms with Crippen molar-refractivity contribution in [3.63, 3.8) is 0 Å². The van der Waals surface area contributed by atoms with Gasteiger partial charge < -0.3 is 25.8 Å². The van der Waals surface area contributed by atoms with Gasteiger partial charge in [-0.25, -0.2) is 9.97 Å². The Bertz CT molecular complexity index is 1100. The van der Waals surface area contributed by atoms with Gasteiger partial charge in [-0.1, -0.05) is 13.3 Å². The molecule has 3 aromatic rings. The third kappa shape index (κ3) is 7.51. The van der Waals surface area contributed by atoms with E-state index in [-0.39, 0.29) is 23.0 Å². The van der Waals surface area contributed by atoms with Gasteiger partial charge in [0.15, 0.2) is 11.2 Å². The SMILES string of the molecule is CCCCOCCOCCNC(=O)c1ccc(NCc2cnc3nc(N)[nH]c(=O)c3n2)cc1. The van der Waals surface area contributed by atoms with Crippen molar-refractivity contribution in [2.75, 3.05) is 44.0 Å². The molecule has 0 saturated carbocycles. The van der Waals surface area contributed by atoms with E-state index in [1.54, 1.807) is 24.3 Å². The minimum atomic E-state index is -0.437. The first-order valence-corrected chi connectivity index (χ1v) is 10.9. The summed E-state index contributed by atoms with van der Waals surface area (Å²) in [5.74, 6) is -0.174. The molecule has 0 unspecified atom stereocenters. The van der Waals surface area contributed by atoms with Crippen molar-refractivity contribution in [2.45, 2.75) is 26.3 Å². The van der Waals surface area contributed by atoms with E-state index < -0.39 is 5.56 Å². The number of rotatable bonds is 13. The number of aromatic nitrogens is 4. The third-order valence-electron chi connectivity index (χ3n) is 4.65. The first-order chi connectivity index (χ1) is 16.1. The van der Waals surface area contributed by atoms with E-state index in [0.29, 0.717) is 44.2 Å². The Morgan fingerprint density at radius 1 is 1.09 bits per heavy atom. The van der Waals surface area contributed by atoms with Crippen LogP contribution in [0.15, 0.2) is 35.3 Å². The fourth-order valence-corrected chi connectivity index (χ4v) is 2.90. The normalized spacial score (nSPS) is 10.9. The Labute approximate surface area is 191 Å². The van der Waals surface area contributed by atoms with E-state index in [1.165, 1.54) is 6.20 Å². The van der Waals surface area contributed by atoms with Gasteiger partial charge in [0.25, 0.3) is 11.5 Å². The number of fused-ring (bicyclic) bond motifs is 1. The summed E-state index contributed by atoms with van der Waals surface area (Å²) >= 11 is 0. The number of nitrogen functional groups attached to an aromatic ring is 1. The lowest BCUT2D eigenvalue weighted by Gasteiger charge is -2.09. The van der Waals surface area contributed by atoms with Crippen LogP contribution in [0.2, 0.25) is 0 Å². The molecule has 0 bridgehead atoms. The van der Waals surface area contributed by atoms with Crippen LogP contribution in [0.3, 0.4) is 0 Å². The van der Waals surface area contributed by atoms with Crippen molar-refractivity contribution < 1.29 is 14.3 Å². The van der Waals surface area contributed by atoms with Gasteiger partial charge in [-0.15, -0.1) is 0 Å². The van der Waals surface area contributed by atoms with Crippen molar-refractivity contribution in [2.24, 2.45) is 0 Å². The van der Waals surface area contributed by atoms with Crippen LogP contribution in [0.1, 0.15) is 35.8 Å². The first-order valence-electron chi connectivity index (χ1n) is 10.9. The van der Waals surface area contributed by atoms with Crippen molar-refractivity contribution >= 4 is 28.7 Å². The number of carbonyl (C=O) groups excluding carboxylic acids is 1. The van der Waals surface area contributed by atoms with Crippen molar-refractivity contribution in [1.82, 2.24) is 25.3 Å². The highest BCUT2D eigenvalue weighted by Crippen LogP contribution is 2.11. The van der Waals surface area contributed by atoms with Crippen LogP contribution in [0.5, 0.6) is 0 Å². The Morgan fingerprint density at radius 3 is 2.61 bits per heavy atom. The molecule has 1 aromatic carbocycles. The molecule has 33 heavy (non-hydrogen) atoms. The van der Waals surface area contributed by atoms with Gasteiger partial charge in [0, 0.05) is 24.4 Å². The van der Waals surface area contributed by atoms with E-state index in [2.05, 4.69) is 37.5 Å². The minimum Gasteiger partial charge on any atom is -0.379 e. The lowest BCUT2D eigenvalue weighted by Crippen LogP contribution is -2.27. The fourth-order valence-electron chi connectivity index (χ4n) is 2.90. The van der Waals surface area contributed by atoms with Crippen LogP contribution >= 0.6 is 0 Å². The van der Waals surface area contributed by atoms with E-state index in [4.69, 9.17) is 15.2 Å². The maximum Gasteiger partial charge on any atom is 0.280 e. The second kappa shape index (κ2) is 12.5. The molecule has 0 saturated heterocycles. The molecular weight excluding hydrogens is 426 g/mol. The van der Waals surface area contributed by atoms with E-state index >= 15 is 0 Å². The Hall–Kier alpha value is -3.57. The standard InChI is InChI=1S/C22H29N7O4/c1-2-3-9-32-11-12-33-10-8-24-20(30)15-4-6-16(7-5-15)25-13-17-14-26-19-18(27-17)21(31)29-22(23)28-19/h4-7,14,25H,2-3,8-13H2,1H3,(H,24,30)(H3,23,26,28,29,31). The molecule has 0 atom stereocenters. The number of aromatic amines is 1. The molecule has 2 heterocycles. The first kappa shape index (κ1) is 24.1. The minimum absolute atomic E-state index is 0.00303. The fraction of sp³-hybridized carbons (Fsp3) is 0.409. The summed E-state index contributed by atoms with van der Waals surface area (Å²) in [7, 11) is 0. The van der Waals surface area contributed by atoms with Crippen molar-refractivity contribution in [3.8, 4) is 0 Å². The number of nitrogens with two attached hydrogens (primary N) is 1. The van der Waals surface area contributed by atoms with E-state index in [0.717, 1.165) is 25.1 Å². The number of anilines is 2. The number of unbranched alkanes of at least 4 members (excludes halogenated alkanes) is 1. The average molecular weight is 456 g/mol. The zero-order valence-electron chi connectivity index (χ0n) is 18.6. The summed E-state index contributed by atoms with van der Waals surface area (Å²) < 4.78 is 10.9. The number of nitrogens with one attached hydrogen (secondary N) is 3. The molecule has 176 valence electrons. The molecular formula is C22H29N7O4. The second-order valence-electron chi connectivity index (χ2n) is 7.25. The summed E-state index contributed by atoms with van der Waals surface area (Å²) in [6.07, 6.45) is 3.69. The maximum absolute atomic E-state index is 12.2. The number of ether oxygens (including phenoxy) is 2. The molecule has 2 aromatic heterocycles. The van der Waals surface area contributed by atoms with Crippen LogP contribution in [-0.4, -0.2) is 58.8 Å². The van der Waals surface area contributed by atoms with Gasteiger partial charge in [0.05, 0.1) is 38.3 Å². The summed E-state index contributed by atoms with van der Waals surface area (Å²) in [5.41, 5.74) is 7.30. The summed E-state index contributed by atoms with van der Waals surface area (Å²) in [6.45, 7) is 5.15. The van der Waals surface area contributed by atoms with Crippen LogP contribution in [0.25, 0.3) is 11.2 Å². The average Bonchev–Trinajstić information content (AvgIpc) is 2.82. The predicted octanol–water partition coefficient (Wildman–Crippen LogP) is 1.47. The molecule has 11 nitrogen and oxygen atoms in total. The van der Waals surface area contributed by atoms with E-state index in [9.17, 15) is 9.59 Å². The molecule has 1 amide bonds. The van der Waals surface area contributed by atoms with Crippen molar-refractivity contribution in [3.05, 3.63) is 52.1 Å². The van der Waals surface area contributed by atoms with Crippen molar-refractivity contribution in [1.29, 1.82) is 0 Å². The monoisotopic (exact) mass is 455 g/mol. The Morgan fingerprint density at radius 2 is 1.85 bits per heavy atom. The van der Waals surface area contributed by atoms with Crippen LogP contribution in [0, 0.1) is 0 Å². The number of hydrogen-bond donors (Lipinski definition) is 4. The predicted molar refractivity (Wildman–Crippen MR) is 125 cm³/mol. The van der Waals surface area contributed by atoms with E-state index in [1.807, 2.05) is 0 Å². The maximum atomic E-state index is 12.2. The summed E-state index contributed by atoms with van der Waals surface area (Å²) in [5, 5.41) is 6.01. The highest BCUT2D eigenvalue weighted by Gasteiger charge is 2.08.